The Balaban J connectivity index is 1.78. The predicted octanol–water partition coefficient (Wildman–Crippen LogP) is 2.59. The van der Waals surface area contributed by atoms with E-state index in [2.05, 4.69) is 36.6 Å². The van der Waals surface area contributed by atoms with Gasteiger partial charge in [0.05, 0.1) is 5.92 Å². The van der Waals surface area contributed by atoms with Gasteiger partial charge in [0.2, 0.25) is 5.91 Å². The normalized spacial score (nSPS) is 20.5. The maximum atomic E-state index is 12.3. The molecule has 2 N–H and O–H groups in total. The first-order valence-electron chi connectivity index (χ1n) is 7.92. The first kappa shape index (κ1) is 15.8. The van der Waals surface area contributed by atoms with Gasteiger partial charge < -0.3 is 15.4 Å². The molecule has 0 aromatic heterocycles. The zero-order valence-electron chi connectivity index (χ0n) is 13.0. The highest BCUT2D eigenvalue weighted by Crippen LogP contribution is 2.28. The molecule has 0 bridgehead atoms. The standard InChI is InChI=1S/C17H26N2O2/c1-3-10-21-11-6-9-18-17(20)15-12-14-7-4-5-8-16(14)19-13(15)2/h4-5,7-8,13,15,19H,3,6,9-12H2,1-2H3,(H,18,20). The fourth-order valence-electron chi connectivity index (χ4n) is 2.68. The van der Waals surface area contributed by atoms with Crippen molar-refractivity contribution in [1.29, 1.82) is 0 Å². The van der Waals surface area contributed by atoms with Crippen LogP contribution in [0, 0.1) is 5.92 Å². The molecule has 1 aliphatic rings. The van der Waals surface area contributed by atoms with E-state index in [0.29, 0.717) is 6.54 Å². The van der Waals surface area contributed by atoms with Crippen LogP contribution >= 0.6 is 0 Å². The Morgan fingerprint density at radius 3 is 3.00 bits per heavy atom. The van der Waals surface area contributed by atoms with E-state index in [9.17, 15) is 4.79 Å². The molecule has 116 valence electrons. The van der Waals surface area contributed by atoms with Gasteiger partial charge in [-0.3, -0.25) is 4.79 Å². The molecule has 1 aliphatic heterocycles. The number of hydrogen-bond donors (Lipinski definition) is 2. The molecule has 1 heterocycles. The van der Waals surface area contributed by atoms with Gasteiger partial charge in [-0.05, 0) is 37.8 Å². The summed E-state index contributed by atoms with van der Waals surface area (Å²) in [5, 5.41) is 6.46. The monoisotopic (exact) mass is 290 g/mol. The third-order valence-electron chi connectivity index (χ3n) is 3.89. The van der Waals surface area contributed by atoms with E-state index in [1.54, 1.807) is 0 Å². The van der Waals surface area contributed by atoms with E-state index >= 15 is 0 Å². The second-order valence-corrected chi connectivity index (χ2v) is 5.66. The van der Waals surface area contributed by atoms with Gasteiger partial charge in [-0.2, -0.15) is 0 Å². The van der Waals surface area contributed by atoms with E-state index in [1.165, 1.54) is 5.56 Å². The van der Waals surface area contributed by atoms with Crippen molar-refractivity contribution in [3.05, 3.63) is 29.8 Å². The SMILES string of the molecule is CCCOCCCNC(=O)C1Cc2ccccc2NC1C. The molecule has 4 nitrogen and oxygen atoms in total. The van der Waals surface area contributed by atoms with E-state index in [0.717, 1.165) is 38.2 Å². The van der Waals surface area contributed by atoms with Crippen molar-refractivity contribution in [3.8, 4) is 0 Å². The molecule has 0 radical (unpaired) electrons. The lowest BCUT2D eigenvalue weighted by molar-refractivity contribution is -0.125. The molecule has 2 unspecified atom stereocenters. The summed E-state index contributed by atoms with van der Waals surface area (Å²) in [4.78, 5) is 12.3. The average molecular weight is 290 g/mol. The van der Waals surface area contributed by atoms with Gasteiger partial charge in [-0.25, -0.2) is 0 Å². The fourth-order valence-corrected chi connectivity index (χ4v) is 2.68. The lowest BCUT2D eigenvalue weighted by atomic mass is 9.87. The van der Waals surface area contributed by atoms with Crippen LogP contribution in [0.15, 0.2) is 24.3 Å². The Hall–Kier alpha value is -1.55. The lowest BCUT2D eigenvalue weighted by Gasteiger charge is -2.31. The van der Waals surface area contributed by atoms with E-state index in [1.807, 2.05) is 12.1 Å². The number of ether oxygens (including phenoxy) is 1. The number of nitrogens with one attached hydrogen (secondary N) is 2. The minimum atomic E-state index is -0.00328. The van der Waals surface area contributed by atoms with Crippen LogP contribution in [-0.2, 0) is 16.0 Å². The number of amides is 1. The number of carbonyl (C=O) groups excluding carboxylic acids is 1. The van der Waals surface area contributed by atoms with Gasteiger partial charge in [0.15, 0.2) is 0 Å². The molecule has 4 heteroatoms. The molecule has 0 aliphatic carbocycles. The topological polar surface area (TPSA) is 50.4 Å². The highest BCUT2D eigenvalue weighted by Gasteiger charge is 2.29. The molecule has 1 aromatic carbocycles. The Labute approximate surface area is 127 Å². The van der Waals surface area contributed by atoms with Crippen molar-refractivity contribution in [2.24, 2.45) is 5.92 Å². The number of benzene rings is 1. The third kappa shape index (κ3) is 4.46. The molecule has 0 spiro atoms. The van der Waals surface area contributed by atoms with Crippen LogP contribution in [-0.4, -0.2) is 31.7 Å². The summed E-state index contributed by atoms with van der Waals surface area (Å²) in [5.41, 5.74) is 2.38. The van der Waals surface area contributed by atoms with Crippen LogP contribution in [0.2, 0.25) is 0 Å². The number of para-hydroxylation sites is 1. The summed E-state index contributed by atoms with van der Waals surface area (Å²) in [6.45, 7) is 6.37. The first-order chi connectivity index (χ1) is 10.2. The summed E-state index contributed by atoms with van der Waals surface area (Å²) in [5.74, 6) is 0.136. The van der Waals surface area contributed by atoms with Crippen LogP contribution in [0.5, 0.6) is 0 Å². The molecule has 2 atom stereocenters. The second kappa shape index (κ2) is 8.03. The number of rotatable bonds is 7. The molecule has 1 amide bonds. The smallest absolute Gasteiger partial charge is 0.225 e. The van der Waals surface area contributed by atoms with Gasteiger partial charge in [0, 0.05) is 31.5 Å². The van der Waals surface area contributed by atoms with Crippen LogP contribution in [0.1, 0.15) is 32.3 Å². The predicted molar refractivity (Wildman–Crippen MR) is 85.5 cm³/mol. The number of anilines is 1. The first-order valence-corrected chi connectivity index (χ1v) is 7.92. The fraction of sp³-hybridized carbons (Fsp3) is 0.588. The van der Waals surface area contributed by atoms with Crippen molar-refractivity contribution in [1.82, 2.24) is 5.32 Å². The van der Waals surface area contributed by atoms with E-state index < -0.39 is 0 Å². The Morgan fingerprint density at radius 2 is 2.19 bits per heavy atom. The highest BCUT2D eigenvalue weighted by molar-refractivity contribution is 5.81. The van der Waals surface area contributed by atoms with Crippen molar-refractivity contribution in [2.75, 3.05) is 25.1 Å². The van der Waals surface area contributed by atoms with E-state index in [4.69, 9.17) is 4.74 Å². The minimum absolute atomic E-state index is 0.00328. The highest BCUT2D eigenvalue weighted by atomic mass is 16.5. The van der Waals surface area contributed by atoms with Crippen molar-refractivity contribution in [3.63, 3.8) is 0 Å². The average Bonchev–Trinajstić information content (AvgIpc) is 2.49. The molecular formula is C17H26N2O2. The summed E-state index contributed by atoms with van der Waals surface area (Å²) >= 11 is 0. The number of hydrogen-bond acceptors (Lipinski definition) is 3. The van der Waals surface area contributed by atoms with Crippen LogP contribution < -0.4 is 10.6 Å². The molecule has 0 fully saturated rings. The zero-order valence-corrected chi connectivity index (χ0v) is 13.0. The molecule has 2 rings (SSSR count). The van der Waals surface area contributed by atoms with Crippen LogP contribution in [0.25, 0.3) is 0 Å². The summed E-state index contributed by atoms with van der Waals surface area (Å²) in [6.07, 6.45) is 2.72. The van der Waals surface area contributed by atoms with Gasteiger partial charge in [0.25, 0.3) is 0 Å². The summed E-state index contributed by atoms with van der Waals surface area (Å²) < 4.78 is 5.41. The summed E-state index contributed by atoms with van der Waals surface area (Å²) in [7, 11) is 0. The maximum absolute atomic E-state index is 12.3. The summed E-state index contributed by atoms with van der Waals surface area (Å²) in [6, 6.07) is 8.38. The Bertz CT molecular complexity index is 462. The second-order valence-electron chi connectivity index (χ2n) is 5.66. The third-order valence-corrected chi connectivity index (χ3v) is 3.89. The van der Waals surface area contributed by atoms with Gasteiger partial charge in [0.1, 0.15) is 0 Å². The molecule has 0 saturated heterocycles. The molecule has 1 aromatic rings. The zero-order chi connectivity index (χ0) is 15.1. The van der Waals surface area contributed by atoms with Gasteiger partial charge in [-0.1, -0.05) is 25.1 Å². The Kier molecular flexibility index (Phi) is 6.05. The van der Waals surface area contributed by atoms with Crippen molar-refractivity contribution in [2.45, 2.75) is 39.2 Å². The van der Waals surface area contributed by atoms with Gasteiger partial charge >= 0.3 is 0 Å². The van der Waals surface area contributed by atoms with Crippen LogP contribution in [0.4, 0.5) is 5.69 Å². The molecule has 21 heavy (non-hydrogen) atoms. The number of carbonyl (C=O) groups is 1. The largest absolute Gasteiger partial charge is 0.382 e. The molecular weight excluding hydrogens is 264 g/mol. The quantitative estimate of drug-likeness (QED) is 0.759. The minimum Gasteiger partial charge on any atom is -0.382 e. The molecule has 0 saturated carbocycles. The van der Waals surface area contributed by atoms with Crippen molar-refractivity contribution < 1.29 is 9.53 Å². The van der Waals surface area contributed by atoms with E-state index in [-0.39, 0.29) is 17.9 Å². The Morgan fingerprint density at radius 1 is 1.38 bits per heavy atom. The number of fused-ring (bicyclic) bond motifs is 1. The van der Waals surface area contributed by atoms with Crippen molar-refractivity contribution >= 4 is 11.6 Å². The lowest BCUT2D eigenvalue weighted by Crippen LogP contribution is -2.43. The van der Waals surface area contributed by atoms with Gasteiger partial charge in [-0.15, -0.1) is 0 Å². The van der Waals surface area contributed by atoms with Crippen LogP contribution in [0.3, 0.4) is 0 Å². The maximum Gasteiger partial charge on any atom is 0.225 e.